The van der Waals surface area contributed by atoms with Crippen LogP contribution >= 0.6 is 15.9 Å². The summed E-state index contributed by atoms with van der Waals surface area (Å²) >= 11 is 3.49. The molecule has 0 aliphatic carbocycles. The lowest BCUT2D eigenvalue weighted by molar-refractivity contribution is -0.908. The Morgan fingerprint density at radius 3 is 2.76 bits per heavy atom. The van der Waals surface area contributed by atoms with Gasteiger partial charge >= 0.3 is 0 Å². The molecule has 17 heavy (non-hydrogen) atoms. The van der Waals surface area contributed by atoms with Crippen LogP contribution < -0.4 is 9.68 Å². The first-order chi connectivity index (χ1) is 8.29. The molecular formula is C13H10BrN2O+. The van der Waals surface area contributed by atoms with E-state index in [9.17, 15) is 0 Å². The van der Waals surface area contributed by atoms with Crippen molar-refractivity contribution in [3.63, 3.8) is 0 Å². The van der Waals surface area contributed by atoms with Gasteiger partial charge in [-0.2, -0.15) is 0 Å². The van der Waals surface area contributed by atoms with Gasteiger partial charge in [-0.05, 0) is 18.2 Å². The van der Waals surface area contributed by atoms with E-state index in [0.717, 1.165) is 26.3 Å². The van der Waals surface area contributed by atoms with Gasteiger partial charge in [0.15, 0.2) is 7.11 Å². The summed E-state index contributed by atoms with van der Waals surface area (Å²) in [6.45, 7) is 0. The zero-order valence-corrected chi connectivity index (χ0v) is 10.8. The Labute approximate surface area is 107 Å². The van der Waals surface area contributed by atoms with Gasteiger partial charge in [-0.3, -0.25) is 0 Å². The maximum Gasteiger partial charge on any atom is 0.297 e. The molecular weight excluding hydrogens is 280 g/mol. The van der Waals surface area contributed by atoms with Gasteiger partial charge in [0, 0.05) is 15.9 Å². The zero-order chi connectivity index (χ0) is 11.8. The molecule has 0 fully saturated rings. The predicted octanol–water partition coefficient (Wildman–Crippen LogP) is 2.50. The molecule has 0 unspecified atom stereocenters. The number of nitrogens with zero attached hydrogens (tertiary/aromatic N) is 2. The molecule has 0 N–H and O–H groups in total. The molecule has 3 rings (SSSR count). The van der Waals surface area contributed by atoms with Crippen molar-refractivity contribution in [2.24, 2.45) is 0 Å². The molecule has 3 nitrogen and oxygen atoms in total. The highest BCUT2D eigenvalue weighted by Crippen LogP contribution is 2.23. The fourth-order valence-electron chi connectivity index (χ4n) is 1.97. The van der Waals surface area contributed by atoms with E-state index in [1.165, 1.54) is 0 Å². The van der Waals surface area contributed by atoms with Crippen molar-refractivity contribution in [1.29, 1.82) is 0 Å². The van der Waals surface area contributed by atoms with Gasteiger partial charge in [0.25, 0.3) is 5.52 Å². The van der Waals surface area contributed by atoms with E-state index in [2.05, 4.69) is 33.2 Å². The number of benzene rings is 2. The maximum atomic E-state index is 5.27. The summed E-state index contributed by atoms with van der Waals surface area (Å²) < 4.78 is 1.05. The Morgan fingerprint density at radius 2 is 1.94 bits per heavy atom. The third-order valence-electron chi connectivity index (χ3n) is 2.73. The van der Waals surface area contributed by atoms with Crippen molar-refractivity contribution in [3.05, 3.63) is 46.9 Å². The SMILES string of the molecule is CO[n+]1nc2ccccc2c2cc(Br)ccc21. The van der Waals surface area contributed by atoms with Gasteiger partial charge in [0.1, 0.15) is 10.4 Å². The molecule has 4 heteroatoms. The highest BCUT2D eigenvalue weighted by atomic mass is 79.9. The molecule has 0 atom stereocenters. The number of aromatic nitrogens is 2. The highest BCUT2D eigenvalue weighted by molar-refractivity contribution is 9.10. The van der Waals surface area contributed by atoms with Crippen LogP contribution in [-0.2, 0) is 0 Å². The minimum atomic E-state index is 0.917. The fourth-order valence-corrected chi connectivity index (χ4v) is 2.33. The highest BCUT2D eigenvalue weighted by Gasteiger charge is 2.16. The monoisotopic (exact) mass is 289 g/mol. The topological polar surface area (TPSA) is 26.0 Å². The van der Waals surface area contributed by atoms with Crippen LogP contribution in [0.1, 0.15) is 0 Å². The number of hydrogen-bond acceptors (Lipinski definition) is 2. The molecule has 0 spiro atoms. The summed E-state index contributed by atoms with van der Waals surface area (Å²) in [7, 11) is 1.61. The van der Waals surface area contributed by atoms with E-state index in [4.69, 9.17) is 4.84 Å². The van der Waals surface area contributed by atoms with Gasteiger partial charge < -0.3 is 0 Å². The van der Waals surface area contributed by atoms with Crippen LogP contribution in [0, 0.1) is 0 Å². The molecule has 2 aromatic carbocycles. The lowest BCUT2D eigenvalue weighted by atomic mass is 10.1. The second-order valence-electron chi connectivity index (χ2n) is 3.73. The van der Waals surface area contributed by atoms with Crippen LogP contribution in [0.15, 0.2) is 46.9 Å². The third-order valence-corrected chi connectivity index (χ3v) is 3.22. The average Bonchev–Trinajstić information content (AvgIpc) is 2.37. The maximum absolute atomic E-state index is 5.27. The first kappa shape index (κ1) is 10.5. The molecule has 0 saturated carbocycles. The lowest BCUT2D eigenvalue weighted by Crippen LogP contribution is -2.45. The van der Waals surface area contributed by atoms with Crippen LogP contribution in [0.2, 0.25) is 0 Å². The second kappa shape index (κ2) is 3.96. The average molecular weight is 290 g/mol. The number of fused-ring (bicyclic) bond motifs is 3. The van der Waals surface area contributed by atoms with Gasteiger partial charge in [-0.25, -0.2) is 4.84 Å². The van der Waals surface area contributed by atoms with Gasteiger partial charge in [-0.15, -0.1) is 0 Å². The van der Waals surface area contributed by atoms with Gasteiger partial charge in [-0.1, -0.05) is 34.1 Å². The zero-order valence-electron chi connectivity index (χ0n) is 9.22. The standard InChI is InChI=1S/C13H10BrN2O/c1-17-16-13-7-6-9(14)8-11(13)10-4-2-3-5-12(10)15-16/h2-8H,1H3/q+1. The molecule has 0 aliphatic rings. The molecule has 1 aromatic heterocycles. The minimum absolute atomic E-state index is 0.917. The van der Waals surface area contributed by atoms with Crippen LogP contribution in [0.4, 0.5) is 0 Å². The summed E-state index contributed by atoms with van der Waals surface area (Å²) in [5.41, 5.74) is 1.87. The van der Waals surface area contributed by atoms with Crippen molar-refractivity contribution in [1.82, 2.24) is 5.10 Å². The molecule has 84 valence electrons. The smallest absolute Gasteiger partial charge is 0.248 e. The van der Waals surface area contributed by atoms with Crippen molar-refractivity contribution in [2.75, 3.05) is 7.11 Å². The largest absolute Gasteiger partial charge is 0.297 e. The fraction of sp³-hybridized carbons (Fsp3) is 0.0769. The Bertz CT molecular complexity index is 712. The molecule has 0 radical (unpaired) electrons. The van der Waals surface area contributed by atoms with Crippen LogP contribution in [0.5, 0.6) is 0 Å². The van der Waals surface area contributed by atoms with Crippen LogP contribution in [0.25, 0.3) is 21.8 Å². The van der Waals surface area contributed by atoms with Crippen molar-refractivity contribution < 1.29 is 9.68 Å². The van der Waals surface area contributed by atoms with Crippen molar-refractivity contribution in [3.8, 4) is 0 Å². The summed E-state index contributed by atoms with van der Waals surface area (Å²) in [4.78, 5) is 6.81. The molecule has 0 bridgehead atoms. The predicted molar refractivity (Wildman–Crippen MR) is 69.6 cm³/mol. The number of hydrogen-bond donors (Lipinski definition) is 0. The molecule has 0 saturated heterocycles. The summed E-state index contributed by atoms with van der Waals surface area (Å²) in [5, 5.41) is 6.67. The van der Waals surface area contributed by atoms with Crippen LogP contribution in [-0.4, -0.2) is 12.2 Å². The summed E-state index contributed by atoms with van der Waals surface area (Å²) in [5.74, 6) is 0. The van der Waals surface area contributed by atoms with Crippen LogP contribution in [0.3, 0.4) is 0 Å². The Morgan fingerprint density at radius 1 is 1.12 bits per heavy atom. The number of rotatable bonds is 1. The normalized spacial score (nSPS) is 10.9. The van der Waals surface area contributed by atoms with E-state index in [-0.39, 0.29) is 0 Å². The summed E-state index contributed by atoms with van der Waals surface area (Å²) in [6, 6.07) is 14.1. The van der Waals surface area contributed by atoms with Crippen molar-refractivity contribution >= 4 is 37.7 Å². The second-order valence-corrected chi connectivity index (χ2v) is 4.65. The van der Waals surface area contributed by atoms with Gasteiger partial charge in [0.05, 0.1) is 10.5 Å². The molecule has 1 heterocycles. The quantitative estimate of drug-likeness (QED) is 0.508. The van der Waals surface area contributed by atoms with E-state index >= 15 is 0 Å². The summed E-state index contributed by atoms with van der Waals surface area (Å²) in [6.07, 6.45) is 0. The Kier molecular flexibility index (Phi) is 2.44. The van der Waals surface area contributed by atoms with E-state index in [1.54, 1.807) is 12.0 Å². The Hall–Kier alpha value is -1.68. The van der Waals surface area contributed by atoms with Gasteiger partial charge in [0.2, 0.25) is 0 Å². The van der Waals surface area contributed by atoms with Crippen molar-refractivity contribution in [2.45, 2.75) is 0 Å². The minimum Gasteiger partial charge on any atom is -0.248 e. The lowest BCUT2D eigenvalue weighted by Gasteiger charge is -2.00. The first-order valence-corrected chi connectivity index (χ1v) is 6.04. The first-order valence-electron chi connectivity index (χ1n) is 5.24. The Balaban J connectivity index is 2.56. The molecule has 0 aliphatic heterocycles. The number of halogens is 1. The van der Waals surface area contributed by atoms with E-state index < -0.39 is 0 Å². The molecule has 0 amide bonds. The van der Waals surface area contributed by atoms with E-state index in [0.29, 0.717) is 0 Å². The molecule has 3 aromatic rings. The van der Waals surface area contributed by atoms with E-state index in [1.807, 2.05) is 30.3 Å². The third kappa shape index (κ3) is 1.65.